The van der Waals surface area contributed by atoms with Crippen LogP contribution in [-0.4, -0.2) is 27.6 Å². The molecule has 1 aliphatic carbocycles. The highest BCUT2D eigenvalue weighted by Crippen LogP contribution is 2.53. The Balaban J connectivity index is 1.53. The van der Waals surface area contributed by atoms with Gasteiger partial charge in [0.05, 0.1) is 6.42 Å². The van der Waals surface area contributed by atoms with Crippen LogP contribution in [-0.2, 0) is 11.2 Å². The van der Waals surface area contributed by atoms with Crippen molar-refractivity contribution in [2.75, 3.05) is 6.54 Å². The molecule has 2 heterocycles. The van der Waals surface area contributed by atoms with E-state index < -0.39 is 0 Å². The van der Waals surface area contributed by atoms with Crippen LogP contribution in [0.1, 0.15) is 55.3 Å². The van der Waals surface area contributed by atoms with Gasteiger partial charge in [0.1, 0.15) is 0 Å². The molecule has 0 bridgehead atoms. The Morgan fingerprint density at radius 1 is 1.45 bits per heavy atom. The fourth-order valence-corrected chi connectivity index (χ4v) is 2.53. The van der Waals surface area contributed by atoms with Crippen LogP contribution in [0, 0.1) is 0 Å². The van der Waals surface area contributed by atoms with Gasteiger partial charge in [0.25, 0.3) is 0 Å². The quantitative estimate of drug-likeness (QED) is 0.793. The predicted molar refractivity (Wildman–Crippen MR) is 80.3 cm³/mol. The highest BCUT2D eigenvalue weighted by Gasteiger charge is 2.43. The number of carbonyl (C=O) groups is 1. The summed E-state index contributed by atoms with van der Waals surface area (Å²) in [7, 11) is 0. The van der Waals surface area contributed by atoms with Gasteiger partial charge in [0.2, 0.25) is 11.8 Å². The SMILES string of the molecule is CCCCNC(=O)Cc1noc([C@@H]2C[C@@H]2c2cccnc2)n1. The summed E-state index contributed by atoms with van der Waals surface area (Å²) in [5.74, 6) is 1.69. The Hall–Kier alpha value is -2.24. The van der Waals surface area contributed by atoms with Crippen molar-refractivity contribution in [2.24, 2.45) is 0 Å². The van der Waals surface area contributed by atoms with Gasteiger partial charge in [-0.2, -0.15) is 4.98 Å². The van der Waals surface area contributed by atoms with Gasteiger partial charge in [-0.3, -0.25) is 9.78 Å². The van der Waals surface area contributed by atoms with Gasteiger partial charge in [0, 0.05) is 24.9 Å². The first-order valence-corrected chi connectivity index (χ1v) is 7.77. The van der Waals surface area contributed by atoms with Gasteiger partial charge in [-0.05, 0) is 30.4 Å². The van der Waals surface area contributed by atoms with Gasteiger partial charge >= 0.3 is 0 Å². The molecule has 1 amide bonds. The molecule has 1 saturated carbocycles. The second-order valence-corrected chi connectivity index (χ2v) is 5.66. The lowest BCUT2D eigenvalue weighted by molar-refractivity contribution is -0.120. The van der Waals surface area contributed by atoms with E-state index in [4.69, 9.17) is 4.52 Å². The van der Waals surface area contributed by atoms with Crippen LogP contribution in [0.5, 0.6) is 0 Å². The first-order chi connectivity index (χ1) is 10.8. The smallest absolute Gasteiger partial charge is 0.230 e. The molecule has 116 valence electrons. The standard InChI is InChI=1S/C16H20N4O2/c1-2-3-7-18-15(21)9-14-19-16(22-20-14)13-8-12(13)11-5-4-6-17-10-11/h4-6,10,12-13H,2-3,7-9H2,1H3,(H,18,21)/t12-,13-/m1/s1. The van der Waals surface area contributed by atoms with Crippen LogP contribution in [0.15, 0.2) is 29.0 Å². The fourth-order valence-electron chi connectivity index (χ4n) is 2.53. The average Bonchev–Trinajstić information content (AvgIpc) is 3.21. The van der Waals surface area contributed by atoms with Crippen molar-refractivity contribution in [3.05, 3.63) is 41.8 Å². The first-order valence-electron chi connectivity index (χ1n) is 7.77. The summed E-state index contributed by atoms with van der Waals surface area (Å²) < 4.78 is 5.31. The number of nitrogens with one attached hydrogen (secondary N) is 1. The van der Waals surface area contributed by atoms with E-state index in [1.807, 2.05) is 12.3 Å². The Labute approximate surface area is 129 Å². The molecule has 0 aliphatic heterocycles. The summed E-state index contributed by atoms with van der Waals surface area (Å²) in [6.45, 7) is 2.79. The third-order valence-corrected chi connectivity index (χ3v) is 3.88. The summed E-state index contributed by atoms with van der Waals surface area (Å²) in [6.07, 6.45) is 6.86. The minimum atomic E-state index is -0.0552. The van der Waals surface area contributed by atoms with Crippen molar-refractivity contribution in [3.8, 4) is 0 Å². The van der Waals surface area contributed by atoms with E-state index in [1.165, 1.54) is 5.56 Å². The third-order valence-electron chi connectivity index (χ3n) is 3.88. The number of carbonyl (C=O) groups excluding carboxylic acids is 1. The molecule has 0 saturated heterocycles. The lowest BCUT2D eigenvalue weighted by Crippen LogP contribution is -2.26. The number of aromatic nitrogens is 3. The number of rotatable bonds is 7. The van der Waals surface area contributed by atoms with Crippen molar-refractivity contribution in [1.82, 2.24) is 20.4 Å². The zero-order valence-electron chi connectivity index (χ0n) is 12.7. The molecule has 2 atom stereocenters. The number of hydrogen-bond acceptors (Lipinski definition) is 5. The van der Waals surface area contributed by atoms with Gasteiger partial charge in [0.15, 0.2) is 5.82 Å². The van der Waals surface area contributed by atoms with Gasteiger partial charge < -0.3 is 9.84 Å². The topological polar surface area (TPSA) is 80.9 Å². The average molecular weight is 300 g/mol. The Kier molecular flexibility index (Phi) is 4.46. The van der Waals surface area contributed by atoms with Gasteiger partial charge in [-0.25, -0.2) is 0 Å². The van der Waals surface area contributed by atoms with Crippen molar-refractivity contribution in [3.63, 3.8) is 0 Å². The zero-order valence-corrected chi connectivity index (χ0v) is 12.7. The predicted octanol–water partition coefficient (Wildman–Crippen LogP) is 2.19. The lowest BCUT2D eigenvalue weighted by Gasteiger charge is -2.00. The van der Waals surface area contributed by atoms with Crippen LogP contribution in [0.4, 0.5) is 0 Å². The summed E-state index contributed by atoms with van der Waals surface area (Å²) in [6, 6.07) is 4.00. The van der Waals surface area contributed by atoms with Gasteiger partial charge in [-0.1, -0.05) is 24.6 Å². The maximum Gasteiger partial charge on any atom is 0.230 e. The molecule has 6 nitrogen and oxygen atoms in total. The molecule has 1 fully saturated rings. The molecule has 3 rings (SSSR count). The second kappa shape index (κ2) is 6.68. The molecule has 22 heavy (non-hydrogen) atoms. The highest BCUT2D eigenvalue weighted by molar-refractivity contribution is 5.77. The van der Waals surface area contributed by atoms with Crippen LogP contribution in [0.2, 0.25) is 0 Å². The van der Waals surface area contributed by atoms with Crippen LogP contribution < -0.4 is 5.32 Å². The number of hydrogen-bond donors (Lipinski definition) is 1. The number of nitrogens with zero attached hydrogens (tertiary/aromatic N) is 3. The van der Waals surface area contributed by atoms with Crippen molar-refractivity contribution in [1.29, 1.82) is 0 Å². The maximum absolute atomic E-state index is 11.7. The van der Waals surface area contributed by atoms with E-state index >= 15 is 0 Å². The summed E-state index contributed by atoms with van der Waals surface area (Å²) >= 11 is 0. The van der Waals surface area contributed by atoms with Crippen LogP contribution >= 0.6 is 0 Å². The largest absolute Gasteiger partial charge is 0.356 e. The molecule has 6 heteroatoms. The number of unbranched alkanes of at least 4 members (excludes halogenated alkanes) is 1. The first kappa shape index (κ1) is 14.7. The van der Waals surface area contributed by atoms with Crippen molar-refractivity contribution >= 4 is 5.91 Å². The van der Waals surface area contributed by atoms with E-state index in [0.29, 0.717) is 24.2 Å². The highest BCUT2D eigenvalue weighted by atomic mass is 16.5. The Bertz CT molecular complexity index is 626. The summed E-state index contributed by atoms with van der Waals surface area (Å²) in [4.78, 5) is 20.2. The van der Waals surface area contributed by atoms with Crippen molar-refractivity contribution < 1.29 is 9.32 Å². The van der Waals surface area contributed by atoms with Gasteiger partial charge in [-0.15, -0.1) is 0 Å². The molecule has 2 aromatic rings. The minimum absolute atomic E-state index is 0.0552. The molecule has 0 spiro atoms. The lowest BCUT2D eigenvalue weighted by atomic mass is 10.1. The van der Waals surface area contributed by atoms with E-state index in [2.05, 4.69) is 33.4 Å². The molecule has 1 N–H and O–H groups in total. The summed E-state index contributed by atoms with van der Waals surface area (Å²) in [5.41, 5.74) is 1.20. The van der Waals surface area contributed by atoms with Crippen LogP contribution in [0.3, 0.4) is 0 Å². The molecular formula is C16H20N4O2. The maximum atomic E-state index is 11.7. The van der Waals surface area contributed by atoms with E-state index in [1.54, 1.807) is 6.20 Å². The Morgan fingerprint density at radius 2 is 2.36 bits per heavy atom. The normalized spacial score (nSPS) is 19.9. The minimum Gasteiger partial charge on any atom is -0.356 e. The monoisotopic (exact) mass is 300 g/mol. The van der Waals surface area contributed by atoms with E-state index in [9.17, 15) is 4.79 Å². The zero-order chi connectivity index (χ0) is 15.4. The molecule has 2 aromatic heterocycles. The number of pyridine rings is 1. The molecule has 0 aromatic carbocycles. The molecule has 1 aliphatic rings. The molecular weight excluding hydrogens is 280 g/mol. The molecule has 0 radical (unpaired) electrons. The molecule has 0 unspecified atom stereocenters. The van der Waals surface area contributed by atoms with E-state index in [0.717, 1.165) is 19.3 Å². The third kappa shape index (κ3) is 3.50. The second-order valence-electron chi connectivity index (χ2n) is 5.66. The van der Waals surface area contributed by atoms with Crippen molar-refractivity contribution in [2.45, 2.75) is 44.4 Å². The Morgan fingerprint density at radius 3 is 3.14 bits per heavy atom. The van der Waals surface area contributed by atoms with E-state index in [-0.39, 0.29) is 18.2 Å². The summed E-state index contributed by atoms with van der Waals surface area (Å²) in [5, 5.41) is 6.76. The fraction of sp³-hybridized carbons (Fsp3) is 0.500. The number of amides is 1. The van der Waals surface area contributed by atoms with Crippen LogP contribution in [0.25, 0.3) is 0 Å².